The molecule has 0 bridgehead atoms. The van der Waals surface area contributed by atoms with Gasteiger partial charge in [-0.25, -0.2) is 4.98 Å². The molecule has 0 amide bonds. The van der Waals surface area contributed by atoms with E-state index in [1.807, 2.05) is 12.1 Å². The van der Waals surface area contributed by atoms with Gasteiger partial charge in [-0.15, -0.1) is 0 Å². The van der Waals surface area contributed by atoms with E-state index in [0.717, 1.165) is 67.8 Å². The SMILES string of the molecule is COc1cccc2ccc(N3CCC([C@H](C)N4CCOCC4)CC3)nc12. The zero-order valence-corrected chi connectivity index (χ0v) is 15.9. The molecule has 0 unspecified atom stereocenters. The van der Waals surface area contributed by atoms with E-state index < -0.39 is 0 Å². The lowest BCUT2D eigenvalue weighted by atomic mass is 9.89. The van der Waals surface area contributed by atoms with Crippen molar-refractivity contribution in [1.82, 2.24) is 9.88 Å². The summed E-state index contributed by atoms with van der Waals surface area (Å²) >= 11 is 0. The minimum absolute atomic E-state index is 0.644. The highest BCUT2D eigenvalue weighted by molar-refractivity contribution is 5.85. The molecule has 1 aromatic heterocycles. The normalized spacial score (nSPS) is 21.1. The van der Waals surface area contributed by atoms with Crippen LogP contribution in [0.1, 0.15) is 19.8 Å². The van der Waals surface area contributed by atoms with E-state index in [2.05, 4.69) is 34.9 Å². The van der Waals surface area contributed by atoms with Gasteiger partial charge < -0.3 is 14.4 Å². The Kier molecular flexibility index (Phi) is 5.27. The molecule has 0 N–H and O–H groups in total. The summed E-state index contributed by atoms with van der Waals surface area (Å²) in [5, 5.41) is 1.13. The number of para-hydroxylation sites is 1. The Balaban J connectivity index is 1.43. The summed E-state index contributed by atoms with van der Waals surface area (Å²) in [5.41, 5.74) is 0.955. The van der Waals surface area contributed by atoms with Gasteiger partial charge in [-0.2, -0.15) is 0 Å². The minimum atomic E-state index is 0.644. The van der Waals surface area contributed by atoms with Gasteiger partial charge in [-0.05, 0) is 43.9 Å². The summed E-state index contributed by atoms with van der Waals surface area (Å²) in [4.78, 5) is 9.93. The van der Waals surface area contributed by atoms with Crippen molar-refractivity contribution < 1.29 is 9.47 Å². The Morgan fingerprint density at radius 3 is 2.58 bits per heavy atom. The van der Waals surface area contributed by atoms with Crippen molar-refractivity contribution in [3.05, 3.63) is 30.3 Å². The van der Waals surface area contributed by atoms with Crippen LogP contribution in [0.3, 0.4) is 0 Å². The molecule has 2 fully saturated rings. The smallest absolute Gasteiger partial charge is 0.145 e. The maximum absolute atomic E-state index is 5.50. The number of nitrogens with zero attached hydrogens (tertiary/aromatic N) is 3. The van der Waals surface area contributed by atoms with Gasteiger partial charge in [0.05, 0.1) is 20.3 Å². The molecule has 2 aliphatic rings. The maximum Gasteiger partial charge on any atom is 0.145 e. The highest BCUT2D eigenvalue weighted by Gasteiger charge is 2.29. The predicted octanol–water partition coefficient (Wildman–Crippen LogP) is 3.18. The fourth-order valence-electron chi connectivity index (χ4n) is 4.34. The van der Waals surface area contributed by atoms with Gasteiger partial charge in [0.25, 0.3) is 0 Å². The van der Waals surface area contributed by atoms with E-state index in [4.69, 9.17) is 14.5 Å². The van der Waals surface area contributed by atoms with E-state index in [9.17, 15) is 0 Å². The Labute approximate surface area is 155 Å². The number of piperidine rings is 1. The molecule has 1 aromatic carbocycles. The molecule has 4 rings (SSSR count). The Morgan fingerprint density at radius 2 is 1.85 bits per heavy atom. The molecule has 3 heterocycles. The van der Waals surface area contributed by atoms with E-state index in [-0.39, 0.29) is 0 Å². The van der Waals surface area contributed by atoms with Gasteiger partial charge in [-0.1, -0.05) is 12.1 Å². The molecule has 26 heavy (non-hydrogen) atoms. The molecule has 1 atom stereocenters. The second-order valence-electron chi connectivity index (χ2n) is 7.41. The number of pyridine rings is 1. The van der Waals surface area contributed by atoms with E-state index >= 15 is 0 Å². The molecule has 0 saturated carbocycles. The first-order valence-corrected chi connectivity index (χ1v) is 9.77. The van der Waals surface area contributed by atoms with Crippen molar-refractivity contribution in [3.8, 4) is 5.75 Å². The van der Waals surface area contributed by atoms with Gasteiger partial charge in [0.15, 0.2) is 0 Å². The van der Waals surface area contributed by atoms with Crippen molar-refractivity contribution in [3.63, 3.8) is 0 Å². The molecule has 0 aliphatic carbocycles. The molecule has 5 nitrogen and oxygen atoms in total. The lowest BCUT2D eigenvalue weighted by Crippen LogP contribution is -2.48. The number of aromatic nitrogens is 1. The predicted molar refractivity (Wildman–Crippen MR) is 105 cm³/mol. The Hall–Kier alpha value is -1.85. The summed E-state index contributed by atoms with van der Waals surface area (Å²) in [6.45, 7) is 8.46. The molecule has 5 heteroatoms. The van der Waals surface area contributed by atoms with Crippen LogP contribution < -0.4 is 9.64 Å². The van der Waals surface area contributed by atoms with Crippen molar-refractivity contribution in [2.24, 2.45) is 5.92 Å². The first-order chi connectivity index (χ1) is 12.8. The van der Waals surface area contributed by atoms with Gasteiger partial charge in [-0.3, -0.25) is 4.90 Å². The molecular formula is C21H29N3O2. The van der Waals surface area contributed by atoms with Gasteiger partial charge >= 0.3 is 0 Å². The van der Waals surface area contributed by atoms with Crippen LogP contribution in [0, 0.1) is 5.92 Å². The molecule has 0 spiro atoms. The van der Waals surface area contributed by atoms with Gasteiger partial charge in [0.1, 0.15) is 17.1 Å². The number of methoxy groups -OCH3 is 1. The fourth-order valence-corrected chi connectivity index (χ4v) is 4.34. The van der Waals surface area contributed by atoms with E-state index in [0.29, 0.717) is 6.04 Å². The maximum atomic E-state index is 5.50. The Morgan fingerprint density at radius 1 is 1.08 bits per heavy atom. The minimum Gasteiger partial charge on any atom is -0.494 e. The van der Waals surface area contributed by atoms with Crippen molar-refractivity contribution in [2.75, 3.05) is 51.4 Å². The van der Waals surface area contributed by atoms with Crippen LogP contribution in [0.2, 0.25) is 0 Å². The number of anilines is 1. The quantitative estimate of drug-likeness (QED) is 0.842. The number of rotatable bonds is 4. The van der Waals surface area contributed by atoms with Crippen molar-refractivity contribution >= 4 is 16.7 Å². The van der Waals surface area contributed by atoms with Crippen LogP contribution in [-0.4, -0.2) is 62.4 Å². The number of benzene rings is 1. The third-order valence-electron chi connectivity index (χ3n) is 6.06. The molecule has 140 valence electrons. The lowest BCUT2D eigenvalue weighted by molar-refractivity contribution is 0.00448. The summed E-state index contributed by atoms with van der Waals surface area (Å²) < 4.78 is 11.0. The highest BCUT2D eigenvalue weighted by Crippen LogP contribution is 2.30. The van der Waals surface area contributed by atoms with Crippen LogP contribution in [0.25, 0.3) is 10.9 Å². The zero-order valence-electron chi connectivity index (χ0n) is 15.9. The average Bonchev–Trinajstić information content (AvgIpc) is 2.73. The first kappa shape index (κ1) is 17.6. The standard InChI is InChI=1S/C21H29N3O2/c1-16(23-12-14-26-15-13-23)17-8-10-24(11-9-17)20-7-6-18-4-3-5-19(25-2)21(18)22-20/h3-7,16-17H,8-15H2,1-2H3/t16-/m0/s1. The third-order valence-corrected chi connectivity index (χ3v) is 6.06. The number of ether oxygens (including phenoxy) is 2. The average molecular weight is 355 g/mol. The molecule has 2 saturated heterocycles. The summed E-state index contributed by atoms with van der Waals surface area (Å²) in [7, 11) is 1.71. The number of fused-ring (bicyclic) bond motifs is 1. The molecule has 0 radical (unpaired) electrons. The molecule has 2 aromatic rings. The van der Waals surface area contributed by atoms with Crippen LogP contribution in [0.15, 0.2) is 30.3 Å². The molecule has 2 aliphatic heterocycles. The van der Waals surface area contributed by atoms with Crippen molar-refractivity contribution in [1.29, 1.82) is 0 Å². The number of hydrogen-bond donors (Lipinski definition) is 0. The Bertz CT molecular complexity index is 737. The second kappa shape index (κ2) is 7.80. The second-order valence-corrected chi connectivity index (χ2v) is 7.41. The van der Waals surface area contributed by atoms with Gasteiger partial charge in [0, 0.05) is 37.6 Å². The monoisotopic (exact) mass is 355 g/mol. The topological polar surface area (TPSA) is 37.8 Å². The van der Waals surface area contributed by atoms with E-state index in [1.165, 1.54) is 12.8 Å². The fraction of sp³-hybridized carbons (Fsp3) is 0.571. The van der Waals surface area contributed by atoms with E-state index in [1.54, 1.807) is 7.11 Å². The summed E-state index contributed by atoms with van der Waals surface area (Å²) in [6.07, 6.45) is 2.45. The van der Waals surface area contributed by atoms with Crippen LogP contribution in [0.5, 0.6) is 5.75 Å². The van der Waals surface area contributed by atoms with Crippen LogP contribution in [0.4, 0.5) is 5.82 Å². The third kappa shape index (κ3) is 3.51. The van der Waals surface area contributed by atoms with Gasteiger partial charge in [0.2, 0.25) is 0 Å². The number of hydrogen-bond acceptors (Lipinski definition) is 5. The summed E-state index contributed by atoms with van der Waals surface area (Å²) in [5.74, 6) is 2.68. The summed E-state index contributed by atoms with van der Waals surface area (Å²) in [6, 6.07) is 11.0. The van der Waals surface area contributed by atoms with Crippen LogP contribution in [-0.2, 0) is 4.74 Å². The van der Waals surface area contributed by atoms with Crippen molar-refractivity contribution in [2.45, 2.75) is 25.8 Å². The highest BCUT2D eigenvalue weighted by atomic mass is 16.5. The largest absolute Gasteiger partial charge is 0.494 e. The van der Waals surface area contributed by atoms with Crippen LogP contribution >= 0.6 is 0 Å². The number of morpholine rings is 1. The zero-order chi connectivity index (χ0) is 17.9. The molecular weight excluding hydrogens is 326 g/mol. The lowest BCUT2D eigenvalue weighted by Gasteiger charge is -2.41. The first-order valence-electron chi connectivity index (χ1n) is 9.77.